The quantitative estimate of drug-likeness (QED) is 0.557. The molecule has 0 amide bonds. The molecule has 0 heterocycles. The third-order valence-electron chi connectivity index (χ3n) is 2.10. The number of rotatable bonds is 0. The van der Waals surface area contributed by atoms with Gasteiger partial charge in [0, 0.05) is 0 Å². The molecule has 72 valence electrons. The molecule has 0 fully saturated rings. The van der Waals surface area contributed by atoms with E-state index in [9.17, 15) is 0 Å². The van der Waals surface area contributed by atoms with E-state index in [1.54, 1.807) is 0 Å². The summed E-state index contributed by atoms with van der Waals surface area (Å²) in [7, 11) is 0. The molecule has 3 heteroatoms. The van der Waals surface area contributed by atoms with Crippen LogP contribution in [0.5, 0.6) is 0 Å². The molecule has 0 unspecified atom stereocenters. The number of hydrogen-bond acceptors (Lipinski definition) is 0. The topological polar surface area (TPSA) is 0 Å². The molecule has 14 heavy (non-hydrogen) atoms. The Balaban J connectivity index is 2.78. The van der Waals surface area contributed by atoms with E-state index in [-0.39, 0.29) is 2.14 Å². The Labute approximate surface area is 108 Å². The lowest BCUT2D eigenvalue weighted by atomic mass is 10.1. The molecule has 0 nitrogen and oxygen atoms in total. The smallest absolute Gasteiger partial charge is 0.0616 e. The van der Waals surface area contributed by atoms with Crippen LogP contribution in [0.3, 0.4) is 0 Å². The van der Waals surface area contributed by atoms with E-state index in [4.69, 9.17) is 0 Å². The largest absolute Gasteiger partial charge is 0.160 e. The van der Waals surface area contributed by atoms with Gasteiger partial charge in [0.2, 0.25) is 0 Å². The van der Waals surface area contributed by atoms with E-state index < -0.39 is 0 Å². The summed E-state index contributed by atoms with van der Waals surface area (Å²) in [5.41, 5.74) is 1.18. The number of fused-ring (bicyclic) bond motifs is 1. The van der Waals surface area contributed by atoms with E-state index in [2.05, 4.69) is 78.1 Å². The fourth-order valence-electron chi connectivity index (χ4n) is 1.47. The zero-order valence-electron chi connectivity index (χ0n) is 7.18. The third kappa shape index (κ3) is 2.05. The van der Waals surface area contributed by atoms with Gasteiger partial charge in [-0.25, -0.2) is 0 Å². The number of hydrogen-bond donors (Lipinski definition) is 0. The van der Waals surface area contributed by atoms with Gasteiger partial charge in [-0.1, -0.05) is 90.3 Å². The Kier molecular flexibility index (Phi) is 3.01. The maximum absolute atomic E-state index is 3.54. The second-order valence-corrected chi connectivity index (χ2v) is 9.79. The van der Waals surface area contributed by atoms with Crippen LogP contribution in [0.25, 0.3) is 10.8 Å². The summed E-state index contributed by atoms with van der Waals surface area (Å²) in [6.45, 7) is 0. The highest BCUT2D eigenvalue weighted by molar-refractivity contribution is 9.38. The molecule has 2 aromatic rings. The molecular formula is C11H7Br3. The lowest BCUT2D eigenvalue weighted by Gasteiger charge is -2.15. The molecule has 0 atom stereocenters. The molecule has 0 aromatic heterocycles. The molecular weight excluding hydrogens is 372 g/mol. The minimum Gasteiger partial charge on any atom is -0.0616 e. The molecule has 2 rings (SSSR count). The van der Waals surface area contributed by atoms with Crippen LogP contribution in [0.2, 0.25) is 0 Å². The molecule has 0 aliphatic carbocycles. The highest BCUT2D eigenvalue weighted by Gasteiger charge is 2.22. The van der Waals surface area contributed by atoms with Crippen molar-refractivity contribution in [3.63, 3.8) is 0 Å². The van der Waals surface area contributed by atoms with Gasteiger partial charge in [-0.2, -0.15) is 0 Å². The Morgan fingerprint density at radius 3 is 2.14 bits per heavy atom. The van der Waals surface area contributed by atoms with Gasteiger partial charge in [0.1, 0.15) is 0 Å². The minimum absolute atomic E-state index is 0.339. The molecule has 0 saturated carbocycles. The summed E-state index contributed by atoms with van der Waals surface area (Å²) in [6, 6.07) is 14.6. The van der Waals surface area contributed by atoms with E-state index in [1.807, 2.05) is 12.1 Å². The van der Waals surface area contributed by atoms with Crippen LogP contribution in [0.15, 0.2) is 42.5 Å². The van der Waals surface area contributed by atoms with Gasteiger partial charge in [0.05, 0.1) is 0 Å². The van der Waals surface area contributed by atoms with Crippen molar-refractivity contribution < 1.29 is 0 Å². The second-order valence-electron chi connectivity index (χ2n) is 3.02. The first kappa shape index (κ1) is 10.7. The first-order valence-electron chi connectivity index (χ1n) is 4.14. The molecule has 0 spiro atoms. The highest BCUT2D eigenvalue weighted by atomic mass is 80.0. The van der Waals surface area contributed by atoms with Gasteiger partial charge in [-0.05, 0) is 16.3 Å². The summed E-state index contributed by atoms with van der Waals surface area (Å²) in [5.74, 6) is 0. The van der Waals surface area contributed by atoms with Gasteiger partial charge in [0.25, 0.3) is 0 Å². The lowest BCUT2D eigenvalue weighted by Crippen LogP contribution is -1.98. The average molecular weight is 379 g/mol. The van der Waals surface area contributed by atoms with Crippen molar-refractivity contribution in [2.24, 2.45) is 0 Å². The third-order valence-corrected chi connectivity index (χ3v) is 3.38. The Hall–Kier alpha value is 0.140. The van der Waals surface area contributed by atoms with Crippen LogP contribution in [0, 0.1) is 0 Å². The van der Waals surface area contributed by atoms with Crippen LogP contribution in [0.1, 0.15) is 5.56 Å². The van der Waals surface area contributed by atoms with E-state index in [0.717, 1.165) is 0 Å². The van der Waals surface area contributed by atoms with Crippen LogP contribution < -0.4 is 0 Å². The van der Waals surface area contributed by atoms with Gasteiger partial charge in [0.15, 0.2) is 2.14 Å². The Morgan fingerprint density at radius 1 is 0.786 bits per heavy atom. The predicted octanol–water partition coefficient (Wildman–Crippen LogP) is 5.13. The van der Waals surface area contributed by atoms with E-state index in [1.165, 1.54) is 16.3 Å². The average Bonchev–Trinajstić information content (AvgIpc) is 2.15. The normalized spacial score (nSPS) is 11.9. The van der Waals surface area contributed by atoms with Crippen molar-refractivity contribution in [2.75, 3.05) is 0 Å². The van der Waals surface area contributed by atoms with Gasteiger partial charge < -0.3 is 0 Å². The van der Waals surface area contributed by atoms with Gasteiger partial charge >= 0.3 is 0 Å². The molecule has 0 N–H and O–H groups in total. The van der Waals surface area contributed by atoms with E-state index in [0.29, 0.717) is 0 Å². The molecule has 2 aromatic carbocycles. The predicted molar refractivity (Wildman–Crippen MR) is 72.4 cm³/mol. The Morgan fingerprint density at radius 2 is 1.43 bits per heavy atom. The molecule has 0 saturated heterocycles. The summed E-state index contributed by atoms with van der Waals surface area (Å²) in [5, 5.41) is 2.48. The zero-order chi connectivity index (χ0) is 10.2. The van der Waals surface area contributed by atoms with Crippen molar-refractivity contribution in [3.05, 3.63) is 48.0 Å². The standard InChI is InChI=1S/C11H7Br3/c12-11(13,14)10-7-3-5-8-4-1-2-6-9(8)10/h1-7H. The van der Waals surface area contributed by atoms with Crippen molar-refractivity contribution in [3.8, 4) is 0 Å². The molecule has 0 aliphatic heterocycles. The summed E-state index contributed by atoms with van der Waals surface area (Å²) >= 11 is 10.6. The lowest BCUT2D eigenvalue weighted by molar-refractivity contribution is 1.41. The van der Waals surface area contributed by atoms with Gasteiger partial charge in [-0.15, -0.1) is 0 Å². The summed E-state index contributed by atoms with van der Waals surface area (Å²) in [4.78, 5) is 0. The number of benzene rings is 2. The molecule has 0 radical (unpaired) electrons. The zero-order valence-corrected chi connectivity index (χ0v) is 11.9. The minimum atomic E-state index is -0.339. The van der Waals surface area contributed by atoms with Crippen molar-refractivity contribution in [1.29, 1.82) is 0 Å². The summed E-state index contributed by atoms with van der Waals surface area (Å²) < 4.78 is -0.339. The fraction of sp³-hybridized carbons (Fsp3) is 0.0909. The fourth-order valence-corrected chi connectivity index (χ4v) is 2.51. The van der Waals surface area contributed by atoms with Crippen LogP contribution in [-0.4, -0.2) is 0 Å². The van der Waals surface area contributed by atoms with Crippen LogP contribution >= 0.6 is 47.8 Å². The van der Waals surface area contributed by atoms with E-state index >= 15 is 0 Å². The Bertz CT molecular complexity index is 452. The number of halogens is 3. The monoisotopic (exact) mass is 376 g/mol. The molecule has 0 aliphatic rings. The first-order valence-corrected chi connectivity index (χ1v) is 6.52. The maximum atomic E-state index is 3.54. The highest BCUT2D eigenvalue weighted by Crippen LogP contribution is 2.46. The van der Waals surface area contributed by atoms with Crippen LogP contribution in [-0.2, 0) is 2.14 Å². The van der Waals surface area contributed by atoms with Gasteiger partial charge in [-0.3, -0.25) is 0 Å². The molecule has 0 bridgehead atoms. The summed E-state index contributed by atoms with van der Waals surface area (Å²) in [6.07, 6.45) is 0. The maximum Gasteiger partial charge on any atom is 0.160 e. The number of alkyl halides is 3. The van der Waals surface area contributed by atoms with Crippen LogP contribution in [0.4, 0.5) is 0 Å². The van der Waals surface area contributed by atoms with Crippen molar-refractivity contribution in [2.45, 2.75) is 2.14 Å². The second kappa shape index (κ2) is 3.95. The SMILES string of the molecule is BrC(Br)(Br)c1cccc2ccccc12. The van der Waals surface area contributed by atoms with Crippen molar-refractivity contribution >= 4 is 58.6 Å². The van der Waals surface area contributed by atoms with Crippen molar-refractivity contribution in [1.82, 2.24) is 0 Å². The first-order chi connectivity index (χ1) is 6.59.